The summed E-state index contributed by atoms with van der Waals surface area (Å²) >= 11 is 0. The highest BCUT2D eigenvalue weighted by atomic mass is 32.2. The molecule has 0 amide bonds. The predicted molar refractivity (Wildman–Crippen MR) is 58.9 cm³/mol. The molecule has 2 atom stereocenters. The Morgan fingerprint density at radius 3 is 2.53 bits per heavy atom. The fourth-order valence-electron chi connectivity index (χ4n) is 2.02. The molecular formula is C9H20N2O3S. The summed E-state index contributed by atoms with van der Waals surface area (Å²) in [5.74, 6) is -0.0489. The third-order valence-electron chi connectivity index (χ3n) is 2.98. The van der Waals surface area contributed by atoms with E-state index in [9.17, 15) is 13.5 Å². The first-order valence-electron chi connectivity index (χ1n) is 5.33. The lowest BCUT2D eigenvalue weighted by Crippen LogP contribution is -2.47. The molecule has 6 heteroatoms. The normalized spacial score (nSPS) is 28.3. The van der Waals surface area contributed by atoms with Gasteiger partial charge in [-0.05, 0) is 12.8 Å². The van der Waals surface area contributed by atoms with Gasteiger partial charge in [0.25, 0.3) is 0 Å². The van der Waals surface area contributed by atoms with Crippen LogP contribution in [0.2, 0.25) is 0 Å². The number of rotatable bonds is 4. The third kappa shape index (κ3) is 3.14. The van der Waals surface area contributed by atoms with Crippen LogP contribution in [-0.4, -0.2) is 49.3 Å². The van der Waals surface area contributed by atoms with Gasteiger partial charge in [0.15, 0.2) is 0 Å². The number of hydrogen-bond acceptors (Lipinski definition) is 4. The molecule has 0 bridgehead atoms. The van der Waals surface area contributed by atoms with Gasteiger partial charge in [-0.15, -0.1) is 0 Å². The van der Waals surface area contributed by atoms with Crippen molar-refractivity contribution in [1.29, 1.82) is 0 Å². The molecule has 0 heterocycles. The first-order chi connectivity index (χ1) is 6.99. The number of nitrogens with zero attached hydrogens (tertiary/aromatic N) is 1. The van der Waals surface area contributed by atoms with Crippen molar-refractivity contribution < 1.29 is 13.5 Å². The van der Waals surface area contributed by atoms with Gasteiger partial charge in [0.05, 0.1) is 17.9 Å². The number of aliphatic hydroxyl groups is 1. The zero-order valence-electron chi connectivity index (χ0n) is 9.09. The zero-order chi connectivity index (χ0) is 11.5. The first-order valence-corrected chi connectivity index (χ1v) is 6.94. The van der Waals surface area contributed by atoms with Gasteiger partial charge in [0.2, 0.25) is 10.0 Å². The van der Waals surface area contributed by atoms with E-state index < -0.39 is 16.1 Å². The van der Waals surface area contributed by atoms with E-state index in [0.29, 0.717) is 6.42 Å². The largest absolute Gasteiger partial charge is 0.391 e. The number of sulfonamides is 1. The van der Waals surface area contributed by atoms with Gasteiger partial charge in [-0.3, -0.25) is 0 Å². The Morgan fingerprint density at radius 2 is 2.00 bits per heavy atom. The summed E-state index contributed by atoms with van der Waals surface area (Å²) < 4.78 is 24.7. The van der Waals surface area contributed by atoms with Crippen LogP contribution in [0.4, 0.5) is 0 Å². The van der Waals surface area contributed by atoms with Gasteiger partial charge in [0.1, 0.15) is 0 Å². The summed E-state index contributed by atoms with van der Waals surface area (Å²) in [5.41, 5.74) is 5.25. The summed E-state index contributed by atoms with van der Waals surface area (Å²) in [6.45, 7) is 0.121. The molecule has 15 heavy (non-hydrogen) atoms. The van der Waals surface area contributed by atoms with Crippen molar-refractivity contribution in [2.24, 2.45) is 5.73 Å². The van der Waals surface area contributed by atoms with Gasteiger partial charge in [-0.1, -0.05) is 12.8 Å². The van der Waals surface area contributed by atoms with Crippen molar-refractivity contribution in [3.05, 3.63) is 0 Å². The van der Waals surface area contributed by atoms with Crippen molar-refractivity contribution in [1.82, 2.24) is 4.31 Å². The molecular weight excluding hydrogens is 216 g/mol. The van der Waals surface area contributed by atoms with Crippen LogP contribution in [0.15, 0.2) is 0 Å². The van der Waals surface area contributed by atoms with E-state index in [1.54, 1.807) is 0 Å². The molecule has 90 valence electrons. The van der Waals surface area contributed by atoms with Crippen LogP contribution in [0.25, 0.3) is 0 Å². The summed E-state index contributed by atoms with van der Waals surface area (Å²) in [6, 6.07) is -0.268. The maximum absolute atomic E-state index is 11.7. The molecule has 0 aromatic heterocycles. The number of nitrogens with two attached hydrogens (primary N) is 1. The molecule has 2 unspecified atom stereocenters. The Kier molecular flexibility index (Phi) is 4.51. The van der Waals surface area contributed by atoms with Crippen LogP contribution >= 0.6 is 0 Å². The number of aliphatic hydroxyl groups excluding tert-OH is 1. The lowest BCUT2D eigenvalue weighted by Gasteiger charge is -2.34. The minimum Gasteiger partial charge on any atom is -0.391 e. The fourth-order valence-corrected chi connectivity index (χ4v) is 3.26. The molecule has 5 nitrogen and oxygen atoms in total. The van der Waals surface area contributed by atoms with E-state index in [1.165, 1.54) is 11.4 Å². The van der Waals surface area contributed by atoms with Crippen molar-refractivity contribution in [3.8, 4) is 0 Å². The van der Waals surface area contributed by atoms with Crippen LogP contribution in [0.3, 0.4) is 0 Å². The Bertz CT molecular complexity index is 292. The predicted octanol–water partition coefficient (Wildman–Crippen LogP) is -0.490. The fraction of sp³-hybridized carbons (Fsp3) is 1.00. The molecule has 1 rings (SSSR count). The summed E-state index contributed by atoms with van der Waals surface area (Å²) in [7, 11) is -1.76. The minimum absolute atomic E-state index is 0.0489. The van der Waals surface area contributed by atoms with Crippen LogP contribution < -0.4 is 5.73 Å². The zero-order valence-corrected chi connectivity index (χ0v) is 9.91. The highest BCUT2D eigenvalue weighted by Crippen LogP contribution is 2.24. The Morgan fingerprint density at radius 1 is 1.40 bits per heavy atom. The molecule has 0 aromatic carbocycles. The van der Waals surface area contributed by atoms with Crippen molar-refractivity contribution in [2.45, 2.75) is 37.8 Å². The van der Waals surface area contributed by atoms with Crippen LogP contribution in [0, 0.1) is 0 Å². The lowest BCUT2D eigenvalue weighted by atomic mass is 9.93. The average molecular weight is 236 g/mol. The highest BCUT2D eigenvalue weighted by molar-refractivity contribution is 7.89. The standard InChI is InChI=1S/C9H20N2O3S/c1-11(15(13,14)7-6-10)8-4-2-3-5-9(8)12/h8-9,12H,2-7,10H2,1H3. The van der Waals surface area contributed by atoms with E-state index in [4.69, 9.17) is 5.73 Å². The van der Waals surface area contributed by atoms with Crippen LogP contribution in [-0.2, 0) is 10.0 Å². The number of likely N-dealkylation sites (N-methyl/N-ethyl adjacent to an activating group) is 1. The molecule has 1 aliphatic rings. The minimum atomic E-state index is -3.29. The van der Waals surface area contributed by atoms with E-state index in [0.717, 1.165) is 19.3 Å². The Labute approximate surface area is 91.3 Å². The second-order valence-electron chi connectivity index (χ2n) is 4.04. The molecule has 3 N–H and O–H groups in total. The molecule has 0 spiro atoms. The van der Waals surface area contributed by atoms with Gasteiger partial charge >= 0.3 is 0 Å². The molecule has 0 aliphatic heterocycles. The van der Waals surface area contributed by atoms with Crippen molar-refractivity contribution in [2.75, 3.05) is 19.3 Å². The molecule has 0 aromatic rings. The van der Waals surface area contributed by atoms with Gasteiger partial charge in [-0.25, -0.2) is 8.42 Å². The van der Waals surface area contributed by atoms with Crippen LogP contribution in [0.5, 0.6) is 0 Å². The Hall–Kier alpha value is -0.170. The molecule has 1 fully saturated rings. The average Bonchev–Trinajstić information content (AvgIpc) is 2.17. The molecule has 0 radical (unpaired) electrons. The van der Waals surface area contributed by atoms with Crippen molar-refractivity contribution >= 4 is 10.0 Å². The quantitative estimate of drug-likeness (QED) is 0.690. The highest BCUT2D eigenvalue weighted by Gasteiger charge is 2.32. The van der Waals surface area contributed by atoms with Gasteiger partial charge < -0.3 is 10.8 Å². The maximum Gasteiger partial charge on any atom is 0.215 e. The second-order valence-corrected chi connectivity index (χ2v) is 6.19. The molecule has 1 saturated carbocycles. The van der Waals surface area contributed by atoms with Crippen molar-refractivity contribution in [3.63, 3.8) is 0 Å². The van der Waals surface area contributed by atoms with Crippen LogP contribution in [0.1, 0.15) is 25.7 Å². The molecule has 0 saturated heterocycles. The van der Waals surface area contributed by atoms with E-state index in [2.05, 4.69) is 0 Å². The third-order valence-corrected chi connectivity index (χ3v) is 4.88. The molecule has 1 aliphatic carbocycles. The number of hydrogen-bond donors (Lipinski definition) is 2. The summed E-state index contributed by atoms with van der Waals surface area (Å²) in [6.07, 6.45) is 2.85. The SMILES string of the molecule is CN(C1CCCCC1O)S(=O)(=O)CCN. The summed E-state index contributed by atoms with van der Waals surface area (Å²) in [5, 5.41) is 9.73. The first kappa shape index (κ1) is 12.9. The van der Waals surface area contributed by atoms with E-state index in [-0.39, 0.29) is 18.3 Å². The topological polar surface area (TPSA) is 83.6 Å². The van der Waals surface area contributed by atoms with E-state index >= 15 is 0 Å². The van der Waals surface area contributed by atoms with Gasteiger partial charge in [0, 0.05) is 13.6 Å². The lowest BCUT2D eigenvalue weighted by molar-refractivity contribution is 0.0638. The smallest absolute Gasteiger partial charge is 0.215 e. The summed E-state index contributed by atoms with van der Waals surface area (Å²) in [4.78, 5) is 0. The van der Waals surface area contributed by atoms with E-state index in [1.807, 2.05) is 0 Å². The maximum atomic E-state index is 11.7. The monoisotopic (exact) mass is 236 g/mol. The Balaban J connectivity index is 2.69. The van der Waals surface area contributed by atoms with Gasteiger partial charge in [-0.2, -0.15) is 4.31 Å². The second kappa shape index (κ2) is 5.25.